The SMILES string of the molecule is C=CC(=C)N[C@H]1CCC[C@H]1NC(=O)c1sc2nccc3c2c1NC(=O)N3c1ccc(Oc2cncnc2)cc1. The topological polar surface area (TPSA) is 121 Å². The zero-order chi connectivity index (χ0) is 26.9. The van der Waals surface area contributed by atoms with E-state index in [0.717, 1.165) is 30.3 Å². The Labute approximate surface area is 228 Å². The number of rotatable bonds is 8. The standard InChI is InChI=1S/C28H25N7O3S/c1-3-16(2)32-20-5-4-6-21(20)33-26(36)25-24-23-22(11-12-31-27(23)39-25)35(28(37)34-24)17-7-9-18(10-8-17)38-19-13-29-15-30-14-19/h3,7-15,20-21,32H,1-2,4-6H2,(H,33,36)(H,34,37)/t20-,21+/m0/s1. The molecule has 0 unspecified atom stereocenters. The smallest absolute Gasteiger partial charge is 0.331 e. The summed E-state index contributed by atoms with van der Waals surface area (Å²) < 4.78 is 5.77. The number of hydrogen-bond acceptors (Lipinski definition) is 8. The third-order valence-electron chi connectivity index (χ3n) is 6.77. The van der Waals surface area contributed by atoms with E-state index in [1.54, 1.807) is 59.9 Å². The van der Waals surface area contributed by atoms with Crippen LogP contribution in [0.3, 0.4) is 0 Å². The number of hydrogen-bond donors (Lipinski definition) is 3. The van der Waals surface area contributed by atoms with E-state index in [0.29, 0.717) is 38.3 Å². The van der Waals surface area contributed by atoms with Crippen molar-refractivity contribution in [3.63, 3.8) is 0 Å². The fourth-order valence-electron chi connectivity index (χ4n) is 4.97. The molecule has 1 saturated carbocycles. The minimum absolute atomic E-state index is 0.0574. The van der Waals surface area contributed by atoms with Crippen molar-refractivity contribution in [1.82, 2.24) is 25.6 Å². The summed E-state index contributed by atoms with van der Waals surface area (Å²) in [6.45, 7) is 7.68. The third-order valence-corrected chi connectivity index (χ3v) is 7.87. The van der Waals surface area contributed by atoms with Crippen LogP contribution in [0.2, 0.25) is 0 Å². The van der Waals surface area contributed by atoms with Crippen LogP contribution in [0.25, 0.3) is 10.2 Å². The fourth-order valence-corrected chi connectivity index (χ4v) is 6.00. The number of urea groups is 1. The van der Waals surface area contributed by atoms with Gasteiger partial charge in [0.15, 0.2) is 5.75 Å². The molecule has 3 amide bonds. The Kier molecular flexibility index (Phi) is 6.41. The molecule has 39 heavy (non-hydrogen) atoms. The molecule has 1 aliphatic heterocycles. The number of pyridine rings is 1. The molecule has 10 nitrogen and oxygen atoms in total. The first-order chi connectivity index (χ1) is 19.0. The Morgan fingerprint density at radius 3 is 2.59 bits per heavy atom. The van der Waals surface area contributed by atoms with Crippen LogP contribution in [0, 0.1) is 0 Å². The summed E-state index contributed by atoms with van der Waals surface area (Å²) in [7, 11) is 0. The van der Waals surface area contributed by atoms with E-state index in [1.165, 1.54) is 17.7 Å². The predicted octanol–water partition coefficient (Wildman–Crippen LogP) is 5.50. The zero-order valence-electron chi connectivity index (χ0n) is 20.9. The van der Waals surface area contributed by atoms with Crippen LogP contribution in [0.1, 0.15) is 28.9 Å². The van der Waals surface area contributed by atoms with E-state index >= 15 is 0 Å². The Bertz CT molecular complexity index is 1590. The molecule has 11 heteroatoms. The van der Waals surface area contributed by atoms with Crippen LogP contribution >= 0.6 is 11.3 Å². The van der Waals surface area contributed by atoms with Gasteiger partial charge in [0, 0.05) is 24.0 Å². The Hall–Kier alpha value is -4.77. The maximum atomic E-state index is 13.4. The molecule has 3 N–H and O–H groups in total. The number of carbonyl (C=O) groups is 2. The molecular weight excluding hydrogens is 514 g/mol. The van der Waals surface area contributed by atoms with Gasteiger partial charge in [-0.1, -0.05) is 13.2 Å². The number of nitrogens with one attached hydrogen (secondary N) is 3. The average molecular weight is 540 g/mol. The molecule has 196 valence electrons. The van der Waals surface area contributed by atoms with Gasteiger partial charge in [0.05, 0.1) is 34.8 Å². The van der Waals surface area contributed by atoms with Crippen molar-refractivity contribution in [3.8, 4) is 11.5 Å². The van der Waals surface area contributed by atoms with Gasteiger partial charge in [0.25, 0.3) is 5.91 Å². The average Bonchev–Trinajstić information content (AvgIpc) is 3.54. The largest absolute Gasteiger partial charge is 0.454 e. The lowest BCUT2D eigenvalue weighted by Gasteiger charge is -2.28. The summed E-state index contributed by atoms with van der Waals surface area (Å²) in [5.74, 6) is 0.857. The van der Waals surface area contributed by atoms with Crippen molar-refractivity contribution in [2.24, 2.45) is 0 Å². The van der Waals surface area contributed by atoms with Crippen molar-refractivity contribution in [3.05, 3.63) is 85.1 Å². The summed E-state index contributed by atoms with van der Waals surface area (Å²) in [6, 6.07) is 8.55. The van der Waals surface area contributed by atoms with Crippen LogP contribution < -0.4 is 25.6 Å². The third kappa shape index (κ3) is 4.68. The van der Waals surface area contributed by atoms with E-state index in [1.807, 2.05) is 0 Å². The zero-order valence-corrected chi connectivity index (χ0v) is 21.7. The molecule has 0 radical (unpaired) electrons. The minimum Gasteiger partial charge on any atom is -0.454 e. The van der Waals surface area contributed by atoms with E-state index in [2.05, 4.69) is 44.1 Å². The summed E-state index contributed by atoms with van der Waals surface area (Å²) in [6.07, 6.45) is 10.7. The first-order valence-corrected chi connectivity index (χ1v) is 13.3. The highest BCUT2D eigenvalue weighted by molar-refractivity contribution is 7.21. The van der Waals surface area contributed by atoms with Crippen molar-refractivity contribution in [2.75, 3.05) is 10.2 Å². The van der Waals surface area contributed by atoms with Gasteiger partial charge in [0.1, 0.15) is 21.8 Å². The van der Waals surface area contributed by atoms with Crippen molar-refractivity contribution in [1.29, 1.82) is 0 Å². The van der Waals surface area contributed by atoms with Gasteiger partial charge < -0.3 is 20.7 Å². The summed E-state index contributed by atoms with van der Waals surface area (Å²) >= 11 is 1.27. The van der Waals surface area contributed by atoms with E-state index in [4.69, 9.17) is 4.74 Å². The van der Waals surface area contributed by atoms with Crippen LogP contribution in [0.15, 0.2) is 80.2 Å². The molecule has 1 fully saturated rings. The first kappa shape index (κ1) is 24.6. The molecular formula is C28H25N7O3S. The van der Waals surface area contributed by atoms with E-state index < -0.39 is 0 Å². The van der Waals surface area contributed by atoms with Crippen molar-refractivity contribution in [2.45, 2.75) is 31.3 Å². The summed E-state index contributed by atoms with van der Waals surface area (Å²) in [5, 5.41) is 10.2. The second-order valence-corrected chi connectivity index (χ2v) is 10.2. The van der Waals surface area contributed by atoms with Crippen LogP contribution in [-0.2, 0) is 0 Å². The highest BCUT2D eigenvalue weighted by atomic mass is 32.1. The molecule has 4 heterocycles. The molecule has 2 atom stereocenters. The molecule has 3 aromatic heterocycles. The number of carbonyl (C=O) groups excluding carboxylic acids is 2. The normalized spacial score (nSPS) is 17.9. The van der Waals surface area contributed by atoms with Gasteiger partial charge in [0.2, 0.25) is 0 Å². The maximum Gasteiger partial charge on any atom is 0.331 e. The van der Waals surface area contributed by atoms with E-state index in [-0.39, 0.29) is 24.0 Å². The van der Waals surface area contributed by atoms with Crippen molar-refractivity contribution >= 4 is 50.6 Å². The lowest BCUT2D eigenvalue weighted by atomic mass is 10.1. The number of allylic oxidation sites excluding steroid dienone is 1. The maximum absolute atomic E-state index is 13.4. The van der Waals surface area contributed by atoms with Gasteiger partial charge in [-0.05, 0) is 55.7 Å². The van der Waals surface area contributed by atoms with Gasteiger partial charge in [-0.2, -0.15) is 0 Å². The number of thiophene rings is 1. The van der Waals surface area contributed by atoms with Crippen LogP contribution in [0.5, 0.6) is 11.5 Å². The second-order valence-electron chi connectivity index (χ2n) is 9.24. The highest BCUT2D eigenvalue weighted by Gasteiger charge is 2.35. The number of aromatic nitrogens is 3. The lowest BCUT2D eigenvalue weighted by Crippen LogP contribution is -2.46. The van der Waals surface area contributed by atoms with Gasteiger partial charge in [-0.3, -0.25) is 9.69 Å². The molecule has 1 aliphatic carbocycles. The Morgan fingerprint density at radius 1 is 1.10 bits per heavy atom. The second kappa shape index (κ2) is 10.2. The number of amides is 3. The number of benzene rings is 1. The molecule has 4 aromatic rings. The van der Waals surface area contributed by atoms with Gasteiger partial charge in [-0.15, -0.1) is 11.3 Å². The lowest BCUT2D eigenvalue weighted by molar-refractivity contribution is 0.0937. The van der Waals surface area contributed by atoms with Crippen LogP contribution in [0.4, 0.5) is 21.9 Å². The quantitative estimate of drug-likeness (QED) is 0.253. The Morgan fingerprint density at radius 2 is 1.85 bits per heavy atom. The molecule has 6 rings (SSSR count). The molecule has 0 bridgehead atoms. The van der Waals surface area contributed by atoms with Crippen LogP contribution in [-0.4, -0.2) is 39.0 Å². The molecule has 1 aromatic carbocycles. The Balaban J connectivity index is 1.27. The first-order valence-electron chi connectivity index (χ1n) is 12.5. The van der Waals surface area contributed by atoms with Gasteiger partial charge in [-0.25, -0.2) is 19.7 Å². The summed E-state index contributed by atoms with van der Waals surface area (Å²) in [4.78, 5) is 41.9. The predicted molar refractivity (Wildman–Crippen MR) is 151 cm³/mol. The van der Waals surface area contributed by atoms with E-state index in [9.17, 15) is 9.59 Å². The number of anilines is 3. The minimum atomic E-state index is -0.365. The molecule has 0 saturated heterocycles. The molecule has 0 spiro atoms. The monoisotopic (exact) mass is 539 g/mol. The molecule has 2 aliphatic rings. The van der Waals surface area contributed by atoms with Crippen molar-refractivity contribution < 1.29 is 14.3 Å². The number of ether oxygens (including phenoxy) is 1. The fraction of sp³-hybridized carbons (Fsp3) is 0.179. The summed E-state index contributed by atoms with van der Waals surface area (Å²) in [5.41, 5.74) is 2.51. The van der Waals surface area contributed by atoms with Gasteiger partial charge >= 0.3 is 6.03 Å². The highest BCUT2D eigenvalue weighted by Crippen LogP contribution is 2.46. The number of nitrogens with zero attached hydrogens (tertiary/aromatic N) is 4.